The summed E-state index contributed by atoms with van der Waals surface area (Å²) in [5.74, 6) is -0.372. The first-order valence-corrected chi connectivity index (χ1v) is 15.9. The van der Waals surface area contributed by atoms with E-state index in [1.807, 2.05) is 6.07 Å². The van der Waals surface area contributed by atoms with Crippen molar-refractivity contribution >= 4 is 116 Å². The van der Waals surface area contributed by atoms with Crippen molar-refractivity contribution in [2.45, 2.75) is 81.6 Å². The summed E-state index contributed by atoms with van der Waals surface area (Å²) in [6.07, 6.45) is 2.41. The van der Waals surface area contributed by atoms with Gasteiger partial charge in [0.05, 0.1) is 50.4 Å². The number of rotatable bonds is 6. The maximum atomic E-state index is 7.15. The molecule has 5 rings (SSSR count). The standard InChI is InChI=1S/C26H24Cl10/c1-3-13(15-17(27)25(35)9-23(15,33)19(29)21(25)31)11-6-5-7-12(8-11)14(4-2)16-18(28)26(36)10-24(16,34)20(30)22(26)32/h5-8,13-18H,3-4,9-10H2,1-2H3. The fourth-order valence-corrected chi connectivity index (χ4v) is 12.4. The Balaban J connectivity index is 1.53. The molecule has 198 valence electrons. The Morgan fingerprint density at radius 1 is 0.667 bits per heavy atom. The van der Waals surface area contributed by atoms with Crippen LogP contribution in [0.1, 0.15) is 62.5 Å². The molecule has 2 saturated carbocycles. The molecule has 0 spiro atoms. The fraction of sp³-hybridized carbons (Fsp3) is 0.615. The van der Waals surface area contributed by atoms with Gasteiger partial charge in [0, 0.05) is 11.8 Å². The molecule has 0 nitrogen and oxygen atoms in total. The van der Waals surface area contributed by atoms with Gasteiger partial charge >= 0.3 is 0 Å². The SMILES string of the molecule is CCC(c1cccc(C(CC)C2C(Cl)C3(Cl)CC2(Cl)C(Cl)=C3Cl)c1)C1C(Cl)C2(Cl)CC1(Cl)C(Cl)=C2Cl. The topological polar surface area (TPSA) is 0 Å². The third-order valence-corrected chi connectivity index (χ3v) is 15.4. The van der Waals surface area contributed by atoms with Gasteiger partial charge in [0.15, 0.2) is 0 Å². The second-order valence-corrected chi connectivity index (χ2v) is 15.8. The van der Waals surface area contributed by atoms with Crippen molar-refractivity contribution in [3.05, 3.63) is 55.5 Å². The molecule has 4 aliphatic carbocycles. The number of hydrogen-bond acceptors (Lipinski definition) is 0. The van der Waals surface area contributed by atoms with Gasteiger partial charge in [0.25, 0.3) is 0 Å². The highest BCUT2D eigenvalue weighted by atomic mass is 35.5. The zero-order valence-electron chi connectivity index (χ0n) is 19.4. The molecule has 0 N–H and O–H groups in total. The number of hydrogen-bond donors (Lipinski definition) is 0. The summed E-state index contributed by atoms with van der Waals surface area (Å²) in [5, 5.41) is 0.613. The van der Waals surface area contributed by atoms with Crippen molar-refractivity contribution in [1.29, 1.82) is 0 Å². The highest BCUT2D eigenvalue weighted by molar-refractivity contribution is 6.54. The van der Waals surface area contributed by atoms with Gasteiger partial charge in [-0.3, -0.25) is 0 Å². The molecular formula is C26H24Cl10. The van der Waals surface area contributed by atoms with E-state index in [1.165, 1.54) is 0 Å². The Morgan fingerprint density at radius 3 is 1.31 bits per heavy atom. The van der Waals surface area contributed by atoms with E-state index in [0.717, 1.165) is 24.0 Å². The second kappa shape index (κ2) is 9.58. The van der Waals surface area contributed by atoms with Crippen molar-refractivity contribution in [1.82, 2.24) is 0 Å². The molecule has 0 aromatic heterocycles. The smallest absolute Gasteiger partial charge is 0.0999 e. The third kappa shape index (κ3) is 3.68. The zero-order chi connectivity index (χ0) is 26.6. The van der Waals surface area contributed by atoms with E-state index >= 15 is 0 Å². The maximum Gasteiger partial charge on any atom is 0.0999 e. The molecule has 10 unspecified atom stereocenters. The van der Waals surface area contributed by atoms with E-state index in [2.05, 4.69) is 32.0 Å². The van der Waals surface area contributed by atoms with Gasteiger partial charge in [-0.2, -0.15) is 0 Å². The highest BCUT2D eigenvalue weighted by Gasteiger charge is 2.71. The van der Waals surface area contributed by atoms with Crippen LogP contribution in [0.4, 0.5) is 0 Å². The average molecular weight is 691 g/mol. The normalized spacial score (nSPS) is 45.2. The number of halogens is 10. The predicted molar refractivity (Wildman–Crippen MR) is 160 cm³/mol. The first-order chi connectivity index (χ1) is 16.7. The first kappa shape index (κ1) is 29.1. The summed E-state index contributed by atoms with van der Waals surface area (Å²) in [6, 6.07) is 8.45. The van der Waals surface area contributed by atoms with E-state index in [-0.39, 0.29) is 23.7 Å². The van der Waals surface area contributed by atoms with E-state index in [1.54, 1.807) is 0 Å². The van der Waals surface area contributed by atoms with E-state index in [9.17, 15) is 0 Å². The Bertz CT molecular complexity index is 1080. The maximum absolute atomic E-state index is 7.15. The van der Waals surface area contributed by atoms with E-state index in [4.69, 9.17) is 116 Å². The van der Waals surface area contributed by atoms with Gasteiger partial charge in [-0.15, -0.1) is 69.6 Å². The van der Waals surface area contributed by atoms with Crippen LogP contribution in [-0.2, 0) is 0 Å². The molecule has 0 amide bonds. The molecule has 0 heterocycles. The fourth-order valence-electron chi connectivity index (χ4n) is 7.25. The summed E-state index contributed by atoms with van der Waals surface area (Å²) in [7, 11) is 0. The molecule has 4 bridgehead atoms. The van der Waals surface area contributed by atoms with Crippen LogP contribution in [0.2, 0.25) is 0 Å². The van der Waals surface area contributed by atoms with Gasteiger partial charge in [0.1, 0.15) is 0 Å². The van der Waals surface area contributed by atoms with E-state index in [0.29, 0.717) is 33.0 Å². The van der Waals surface area contributed by atoms with Crippen LogP contribution >= 0.6 is 116 Å². The van der Waals surface area contributed by atoms with Crippen molar-refractivity contribution in [2.75, 3.05) is 0 Å². The average Bonchev–Trinajstić information content (AvgIpc) is 3.34. The van der Waals surface area contributed by atoms with Crippen molar-refractivity contribution < 1.29 is 0 Å². The van der Waals surface area contributed by atoms with Crippen molar-refractivity contribution in [2.24, 2.45) is 11.8 Å². The van der Waals surface area contributed by atoms with Crippen LogP contribution in [0.15, 0.2) is 44.4 Å². The number of allylic oxidation sites excluding steroid dienone is 4. The third-order valence-electron chi connectivity index (χ3n) is 8.95. The van der Waals surface area contributed by atoms with Crippen LogP contribution in [0.5, 0.6) is 0 Å². The molecule has 1 aromatic rings. The number of alkyl halides is 6. The minimum Gasteiger partial charge on any atom is -0.120 e. The summed E-state index contributed by atoms with van der Waals surface area (Å²) in [4.78, 5) is -3.72. The lowest BCUT2D eigenvalue weighted by Gasteiger charge is -2.41. The highest BCUT2D eigenvalue weighted by Crippen LogP contribution is 2.71. The summed E-state index contributed by atoms with van der Waals surface area (Å²) < 4.78 is 0. The molecular weight excluding hydrogens is 667 g/mol. The Morgan fingerprint density at radius 2 is 1.00 bits per heavy atom. The van der Waals surface area contributed by atoms with Gasteiger partial charge in [-0.25, -0.2) is 0 Å². The molecule has 36 heavy (non-hydrogen) atoms. The van der Waals surface area contributed by atoms with Crippen LogP contribution in [0.3, 0.4) is 0 Å². The monoisotopic (exact) mass is 686 g/mol. The number of benzene rings is 1. The van der Waals surface area contributed by atoms with Crippen LogP contribution in [-0.4, -0.2) is 30.3 Å². The van der Waals surface area contributed by atoms with Gasteiger partial charge in [-0.05, 0) is 48.6 Å². The summed E-state index contributed by atoms with van der Waals surface area (Å²) >= 11 is 68.3. The summed E-state index contributed by atoms with van der Waals surface area (Å²) in [5.41, 5.74) is 2.21. The molecule has 2 fully saturated rings. The zero-order valence-corrected chi connectivity index (χ0v) is 26.9. The molecule has 10 atom stereocenters. The predicted octanol–water partition coefficient (Wildman–Crippen LogP) is 11.2. The van der Waals surface area contributed by atoms with Gasteiger partial charge < -0.3 is 0 Å². The first-order valence-electron chi connectivity index (χ1n) is 12.0. The minimum atomic E-state index is -0.958. The minimum absolute atomic E-state index is 0.00989. The Hall–Kier alpha value is 1.60. The summed E-state index contributed by atoms with van der Waals surface area (Å²) in [6.45, 7) is 4.24. The molecule has 10 heteroatoms. The molecule has 0 aliphatic heterocycles. The molecule has 1 aromatic carbocycles. The van der Waals surface area contributed by atoms with Crippen LogP contribution < -0.4 is 0 Å². The van der Waals surface area contributed by atoms with Crippen molar-refractivity contribution in [3.8, 4) is 0 Å². The number of fused-ring (bicyclic) bond motifs is 4. The lowest BCUT2D eigenvalue weighted by Crippen LogP contribution is -2.41. The second-order valence-electron chi connectivity index (χ2n) is 10.6. The van der Waals surface area contributed by atoms with Crippen LogP contribution in [0, 0.1) is 11.8 Å². The Labute approximate surface area is 262 Å². The van der Waals surface area contributed by atoms with Gasteiger partial charge in [0.2, 0.25) is 0 Å². The quantitative estimate of drug-likeness (QED) is 0.261. The lowest BCUT2D eigenvalue weighted by atomic mass is 9.73. The molecule has 0 radical (unpaired) electrons. The largest absolute Gasteiger partial charge is 0.120 e. The molecule has 0 saturated heterocycles. The van der Waals surface area contributed by atoms with Gasteiger partial charge in [-0.1, -0.05) is 84.5 Å². The Kier molecular flexibility index (Phi) is 7.74. The van der Waals surface area contributed by atoms with Crippen LogP contribution in [0.25, 0.3) is 0 Å². The van der Waals surface area contributed by atoms with Crippen molar-refractivity contribution in [3.63, 3.8) is 0 Å². The van der Waals surface area contributed by atoms with E-state index < -0.39 is 30.3 Å². The molecule has 4 aliphatic rings. The lowest BCUT2D eigenvalue weighted by molar-refractivity contribution is 0.368.